The average molecular weight is 358 g/mol. The summed E-state index contributed by atoms with van der Waals surface area (Å²) in [6.45, 7) is 2.44. The number of hydrogen-bond acceptors (Lipinski definition) is 3. The van der Waals surface area contributed by atoms with E-state index in [9.17, 15) is 14.7 Å². The van der Waals surface area contributed by atoms with Gasteiger partial charge in [-0.1, -0.05) is 32.6 Å². The highest BCUT2D eigenvalue weighted by Gasteiger charge is 2.39. The molecule has 5 nitrogen and oxygen atoms in total. The van der Waals surface area contributed by atoms with Gasteiger partial charge in [-0.3, -0.25) is 9.59 Å². The Labute approximate surface area is 155 Å². The van der Waals surface area contributed by atoms with Crippen LogP contribution in [0, 0.1) is 11.8 Å². The Morgan fingerprint density at radius 3 is 2.27 bits per heavy atom. The highest BCUT2D eigenvalue weighted by Crippen LogP contribution is 2.38. The van der Waals surface area contributed by atoms with E-state index in [1.54, 1.807) is 36.2 Å². The van der Waals surface area contributed by atoms with Crippen molar-refractivity contribution in [2.45, 2.75) is 57.5 Å². The number of amides is 2. The van der Waals surface area contributed by atoms with Crippen LogP contribution < -0.4 is 5.32 Å². The second-order valence-corrected chi connectivity index (χ2v) is 8.19. The minimum absolute atomic E-state index is 0.0595. The smallest absolute Gasteiger partial charge is 0.253 e. The first kappa shape index (κ1) is 18.9. The third kappa shape index (κ3) is 4.64. The van der Waals surface area contributed by atoms with Gasteiger partial charge in [-0.05, 0) is 49.4 Å². The molecule has 0 saturated heterocycles. The molecule has 2 fully saturated rings. The van der Waals surface area contributed by atoms with Gasteiger partial charge >= 0.3 is 0 Å². The van der Waals surface area contributed by atoms with Gasteiger partial charge in [-0.2, -0.15) is 0 Å². The Balaban J connectivity index is 1.57. The molecule has 0 aromatic heterocycles. The molecule has 3 rings (SSSR count). The van der Waals surface area contributed by atoms with Crippen LogP contribution in [0.25, 0.3) is 0 Å². The highest BCUT2D eigenvalue weighted by atomic mass is 16.3. The molecule has 26 heavy (non-hydrogen) atoms. The first-order valence-electron chi connectivity index (χ1n) is 9.77. The molecule has 2 aliphatic carbocycles. The normalized spacial score (nSPS) is 24.4. The van der Waals surface area contributed by atoms with Gasteiger partial charge in [0.25, 0.3) is 5.91 Å². The second kappa shape index (κ2) is 7.78. The lowest BCUT2D eigenvalue weighted by molar-refractivity contribution is -0.117. The summed E-state index contributed by atoms with van der Waals surface area (Å²) in [6, 6.07) is 7.02. The molecular formula is C21H30N2O3. The monoisotopic (exact) mass is 358 g/mol. The Kier molecular flexibility index (Phi) is 5.66. The molecule has 5 heteroatoms. The third-order valence-corrected chi connectivity index (χ3v) is 5.76. The number of aliphatic hydroxyl groups is 1. The molecule has 0 unspecified atom stereocenters. The Morgan fingerprint density at radius 2 is 1.73 bits per heavy atom. The maximum absolute atomic E-state index is 12.7. The zero-order valence-electron chi connectivity index (χ0n) is 15.8. The van der Waals surface area contributed by atoms with Crippen molar-refractivity contribution in [3.63, 3.8) is 0 Å². The lowest BCUT2D eigenvalue weighted by Gasteiger charge is -2.31. The standard InChI is InChI=1S/C21H30N2O3/c1-15-13-18(15)19(24)22-17-9-7-16(8-10-17)20(25)23(2)14-21(26)11-5-3-4-6-12-21/h7-10,15,18,26H,3-6,11-14H2,1-2H3,(H,22,24)/t15-,18+/m1/s1. The summed E-state index contributed by atoms with van der Waals surface area (Å²) in [5.41, 5.74) is 0.522. The number of anilines is 1. The predicted octanol–water partition coefficient (Wildman–Crippen LogP) is 3.44. The van der Waals surface area contributed by atoms with Crippen molar-refractivity contribution in [1.82, 2.24) is 4.90 Å². The lowest BCUT2D eigenvalue weighted by atomic mass is 9.94. The number of rotatable bonds is 5. The minimum atomic E-state index is -0.768. The van der Waals surface area contributed by atoms with Gasteiger partial charge in [0.1, 0.15) is 0 Å². The van der Waals surface area contributed by atoms with E-state index >= 15 is 0 Å². The number of nitrogens with zero attached hydrogens (tertiary/aromatic N) is 1. The molecule has 0 spiro atoms. The Morgan fingerprint density at radius 1 is 1.15 bits per heavy atom. The average Bonchev–Trinajstić information content (AvgIpc) is 3.38. The van der Waals surface area contributed by atoms with Crippen LogP contribution in [0.15, 0.2) is 24.3 Å². The molecule has 2 aliphatic rings. The summed E-state index contributed by atoms with van der Waals surface area (Å²) in [7, 11) is 1.75. The summed E-state index contributed by atoms with van der Waals surface area (Å²) in [4.78, 5) is 26.3. The number of carbonyl (C=O) groups excluding carboxylic acids is 2. The molecule has 1 aromatic rings. The van der Waals surface area contributed by atoms with Crippen LogP contribution in [0.3, 0.4) is 0 Å². The predicted molar refractivity (Wildman–Crippen MR) is 102 cm³/mol. The van der Waals surface area contributed by atoms with Crippen LogP contribution in [0.1, 0.15) is 62.2 Å². The van der Waals surface area contributed by atoms with Crippen LogP contribution in [0.5, 0.6) is 0 Å². The summed E-state index contributed by atoms with van der Waals surface area (Å²) >= 11 is 0. The molecule has 0 radical (unpaired) electrons. The second-order valence-electron chi connectivity index (χ2n) is 8.19. The number of nitrogens with one attached hydrogen (secondary N) is 1. The summed E-state index contributed by atoms with van der Waals surface area (Å²) in [6.07, 6.45) is 6.83. The van der Waals surface area contributed by atoms with E-state index in [2.05, 4.69) is 12.2 Å². The number of likely N-dealkylation sites (N-methyl/N-ethyl adjacent to an activating group) is 1. The fourth-order valence-electron chi connectivity index (χ4n) is 3.90. The van der Waals surface area contributed by atoms with Crippen molar-refractivity contribution in [1.29, 1.82) is 0 Å². The molecule has 2 atom stereocenters. The molecule has 2 N–H and O–H groups in total. The Bertz CT molecular complexity index is 648. The van der Waals surface area contributed by atoms with Gasteiger partial charge in [-0.25, -0.2) is 0 Å². The van der Waals surface area contributed by atoms with Crippen LogP contribution in [0.2, 0.25) is 0 Å². The van der Waals surface area contributed by atoms with E-state index in [4.69, 9.17) is 0 Å². The van der Waals surface area contributed by atoms with Gasteiger partial charge in [-0.15, -0.1) is 0 Å². The van der Waals surface area contributed by atoms with E-state index in [1.807, 2.05) is 0 Å². The van der Waals surface area contributed by atoms with Crippen molar-refractivity contribution in [2.24, 2.45) is 11.8 Å². The van der Waals surface area contributed by atoms with Crippen molar-refractivity contribution in [3.8, 4) is 0 Å². The summed E-state index contributed by atoms with van der Waals surface area (Å²) in [5.74, 6) is 0.558. The Hall–Kier alpha value is -1.88. The van der Waals surface area contributed by atoms with E-state index in [1.165, 1.54) is 0 Å². The SMILES string of the molecule is C[C@@H]1C[C@@H]1C(=O)Nc1ccc(C(=O)N(C)CC2(O)CCCCCC2)cc1. The minimum Gasteiger partial charge on any atom is -0.388 e. The van der Waals surface area contributed by atoms with Crippen molar-refractivity contribution in [2.75, 3.05) is 18.9 Å². The van der Waals surface area contributed by atoms with E-state index in [0.717, 1.165) is 50.6 Å². The van der Waals surface area contributed by atoms with Crippen LogP contribution in [-0.4, -0.2) is 41.0 Å². The van der Waals surface area contributed by atoms with E-state index in [-0.39, 0.29) is 17.7 Å². The van der Waals surface area contributed by atoms with Crippen molar-refractivity contribution in [3.05, 3.63) is 29.8 Å². The molecule has 142 valence electrons. The summed E-state index contributed by atoms with van der Waals surface area (Å²) in [5, 5.41) is 13.7. The quantitative estimate of drug-likeness (QED) is 0.792. The van der Waals surface area contributed by atoms with E-state index in [0.29, 0.717) is 18.0 Å². The van der Waals surface area contributed by atoms with Crippen molar-refractivity contribution >= 4 is 17.5 Å². The van der Waals surface area contributed by atoms with Gasteiger partial charge in [0, 0.05) is 30.8 Å². The maximum Gasteiger partial charge on any atom is 0.253 e. The largest absolute Gasteiger partial charge is 0.388 e. The molecule has 2 amide bonds. The molecule has 0 aliphatic heterocycles. The lowest BCUT2D eigenvalue weighted by Crippen LogP contribution is -2.43. The third-order valence-electron chi connectivity index (χ3n) is 5.76. The maximum atomic E-state index is 12.7. The van der Waals surface area contributed by atoms with E-state index < -0.39 is 5.60 Å². The van der Waals surface area contributed by atoms with Gasteiger partial charge in [0.2, 0.25) is 5.91 Å². The first-order chi connectivity index (χ1) is 12.4. The zero-order valence-corrected chi connectivity index (χ0v) is 15.8. The van der Waals surface area contributed by atoms with Crippen LogP contribution in [0.4, 0.5) is 5.69 Å². The van der Waals surface area contributed by atoms with Gasteiger partial charge in [0.05, 0.1) is 5.60 Å². The van der Waals surface area contributed by atoms with Gasteiger partial charge in [0.15, 0.2) is 0 Å². The first-order valence-corrected chi connectivity index (χ1v) is 9.77. The zero-order chi connectivity index (χ0) is 18.7. The molecular weight excluding hydrogens is 328 g/mol. The fraction of sp³-hybridized carbons (Fsp3) is 0.619. The molecule has 0 heterocycles. The fourth-order valence-corrected chi connectivity index (χ4v) is 3.90. The molecule has 1 aromatic carbocycles. The number of benzene rings is 1. The number of hydrogen-bond donors (Lipinski definition) is 2. The van der Waals surface area contributed by atoms with Crippen LogP contribution >= 0.6 is 0 Å². The van der Waals surface area contributed by atoms with Gasteiger partial charge < -0.3 is 15.3 Å². The number of carbonyl (C=O) groups is 2. The molecule has 2 saturated carbocycles. The van der Waals surface area contributed by atoms with Crippen molar-refractivity contribution < 1.29 is 14.7 Å². The highest BCUT2D eigenvalue weighted by molar-refractivity contribution is 5.96. The summed E-state index contributed by atoms with van der Waals surface area (Å²) < 4.78 is 0. The van der Waals surface area contributed by atoms with Crippen LogP contribution in [-0.2, 0) is 4.79 Å². The topological polar surface area (TPSA) is 69.6 Å². The molecule has 0 bridgehead atoms.